The van der Waals surface area contributed by atoms with Crippen LogP contribution in [0.4, 0.5) is 0 Å². The predicted molar refractivity (Wildman–Crippen MR) is 87.4 cm³/mol. The summed E-state index contributed by atoms with van der Waals surface area (Å²) in [5.41, 5.74) is 0.785. The maximum atomic E-state index is 12.4. The van der Waals surface area contributed by atoms with Crippen molar-refractivity contribution in [2.75, 3.05) is 7.11 Å². The Morgan fingerprint density at radius 1 is 0.958 bits per heavy atom. The van der Waals surface area contributed by atoms with Gasteiger partial charge in [-0.1, -0.05) is 12.1 Å². The Morgan fingerprint density at radius 3 is 2.29 bits per heavy atom. The molecule has 5 nitrogen and oxygen atoms in total. The Labute approximate surface area is 140 Å². The lowest BCUT2D eigenvalue weighted by Crippen LogP contribution is -2.25. The van der Waals surface area contributed by atoms with E-state index in [-0.39, 0.29) is 6.10 Å². The number of rotatable bonds is 5. The summed E-state index contributed by atoms with van der Waals surface area (Å²) in [6, 6.07) is 13.3. The van der Waals surface area contributed by atoms with Crippen LogP contribution < -0.4 is 9.47 Å². The van der Waals surface area contributed by atoms with Gasteiger partial charge in [-0.25, -0.2) is 9.59 Å². The molecule has 0 amide bonds. The highest BCUT2D eigenvalue weighted by Gasteiger charge is 2.22. The van der Waals surface area contributed by atoms with Gasteiger partial charge in [-0.3, -0.25) is 0 Å². The maximum absolute atomic E-state index is 12.4. The van der Waals surface area contributed by atoms with E-state index in [4.69, 9.17) is 9.47 Å². The zero-order valence-corrected chi connectivity index (χ0v) is 13.4. The van der Waals surface area contributed by atoms with E-state index in [0.717, 1.165) is 19.3 Å². The summed E-state index contributed by atoms with van der Waals surface area (Å²) in [4.78, 5) is 23.8. The first kappa shape index (κ1) is 16.1. The molecule has 0 bridgehead atoms. The lowest BCUT2D eigenvalue weighted by molar-refractivity contribution is 0.0600. The van der Waals surface area contributed by atoms with Crippen LogP contribution in [0.15, 0.2) is 48.5 Å². The molecule has 0 aliphatic heterocycles. The minimum Gasteiger partial charge on any atom is -0.490 e. The quantitative estimate of drug-likeness (QED) is 0.620. The van der Waals surface area contributed by atoms with Crippen LogP contribution in [0, 0.1) is 0 Å². The number of hydrogen-bond donors (Lipinski definition) is 0. The third-order valence-electron chi connectivity index (χ3n) is 3.94. The van der Waals surface area contributed by atoms with Crippen molar-refractivity contribution in [3.05, 3.63) is 59.7 Å². The highest BCUT2D eigenvalue weighted by atomic mass is 16.5. The Balaban J connectivity index is 1.71. The topological polar surface area (TPSA) is 61.8 Å². The van der Waals surface area contributed by atoms with Gasteiger partial charge in [0.25, 0.3) is 0 Å². The molecule has 0 unspecified atom stereocenters. The zero-order chi connectivity index (χ0) is 16.9. The van der Waals surface area contributed by atoms with Crippen LogP contribution in [0.25, 0.3) is 0 Å². The first-order chi connectivity index (χ1) is 11.7. The molecule has 1 fully saturated rings. The fourth-order valence-corrected chi connectivity index (χ4v) is 2.35. The molecule has 124 valence electrons. The summed E-state index contributed by atoms with van der Waals surface area (Å²) >= 11 is 0. The second-order valence-corrected chi connectivity index (χ2v) is 5.57. The highest BCUT2D eigenvalue weighted by molar-refractivity contribution is 5.94. The van der Waals surface area contributed by atoms with Crippen LogP contribution >= 0.6 is 0 Å². The molecular weight excluding hydrogens is 308 g/mol. The molecule has 3 rings (SSSR count). The standard InChI is InChI=1S/C19H18O5/c1-22-18(20)13-9-11-15(12-10-13)24-19(21)16-7-2-3-8-17(16)23-14-5-4-6-14/h2-3,7-12,14H,4-6H2,1H3. The number of benzene rings is 2. The summed E-state index contributed by atoms with van der Waals surface area (Å²) in [6.45, 7) is 0. The molecule has 0 aromatic heterocycles. The molecule has 0 spiro atoms. The van der Waals surface area contributed by atoms with Crippen molar-refractivity contribution in [2.24, 2.45) is 0 Å². The van der Waals surface area contributed by atoms with Crippen molar-refractivity contribution >= 4 is 11.9 Å². The highest BCUT2D eigenvalue weighted by Crippen LogP contribution is 2.28. The van der Waals surface area contributed by atoms with E-state index in [1.807, 2.05) is 6.07 Å². The summed E-state index contributed by atoms with van der Waals surface area (Å²) in [6.07, 6.45) is 3.36. The molecule has 24 heavy (non-hydrogen) atoms. The molecule has 0 radical (unpaired) electrons. The molecule has 0 atom stereocenters. The number of methoxy groups -OCH3 is 1. The monoisotopic (exact) mass is 326 g/mol. The van der Waals surface area contributed by atoms with E-state index in [2.05, 4.69) is 4.74 Å². The van der Waals surface area contributed by atoms with Gasteiger partial charge in [-0.2, -0.15) is 0 Å². The van der Waals surface area contributed by atoms with E-state index in [0.29, 0.717) is 22.6 Å². The summed E-state index contributed by atoms with van der Waals surface area (Å²) < 4.78 is 15.8. The molecule has 2 aromatic rings. The van der Waals surface area contributed by atoms with Gasteiger partial charge in [0, 0.05) is 0 Å². The van der Waals surface area contributed by atoms with E-state index in [9.17, 15) is 9.59 Å². The van der Waals surface area contributed by atoms with E-state index in [1.165, 1.54) is 7.11 Å². The van der Waals surface area contributed by atoms with Gasteiger partial charge in [0.15, 0.2) is 0 Å². The fourth-order valence-electron chi connectivity index (χ4n) is 2.35. The van der Waals surface area contributed by atoms with E-state index < -0.39 is 11.9 Å². The maximum Gasteiger partial charge on any atom is 0.347 e. The summed E-state index contributed by atoms with van der Waals surface area (Å²) in [5.74, 6) is -0.0349. The molecule has 1 aliphatic carbocycles. The molecule has 1 saturated carbocycles. The number of hydrogen-bond acceptors (Lipinski definition) is 5. The predicted octanol–water partition coefficient (Wildman–Crippen LogP) is 3.62. The van der Waals surface area contributed by atoms with E-state index in [1.54, 1.807) is 42.5 Å². The second kappa shape index (κ2) is 7.17. The van der Waals surface area contributed by atoms with Crippen molar-refractivity contribution in [1.29, 1.82) is 0 Å². The number of esters is 2. The van der Waals surface area contributed by atoms with Crippen LogP contribution in [0.5, 0.6) is 11.5 Å². The SMILES string of the molecule is COC(=O)c1ccc(OC(=O)c2ccccc2OC2CCC2)cc1. The summed E-state index contributed by atoms with van der Waals surface area (Å²) in [7, 11) is 1.31. The molecular formula is C19H18O5. The van der Waals surface area contributed by atoms with Crippen LogP contribution in [-0.4, -0.2) is 25.2 Å². The first-order valence-corrected chi connectivity index (χ1v) is 7.83. The van der Waals surface area contributed by atoms with Gasteiger partial charge in [-0.05, 0) is 55.7 Å². The molecule has 0 saturated heterocycles. The first-order valence-electron chi connectivity index (χ1n) is 7.83. The van der Waals surface area contributed by atoms with Crippen molar-refractivity contribution < 1.29 is 23.8 Å². The molecule has 2 aromatic carbocycles. The molecule has 1 aliphatic rings. The number of para-hydroxylation sites is 1. The lowest BCUT2D eigenvalue weighted by Gasteiger charge is -2.27. The third kappa shape index (κ3) is 3.56. The normalized spacial score (nSPS) is 13.7. The van der Waals surface area contributed by atoms with Crippen molar-refractivity contribution in [1.82, 2.24) is 0 Å². The summed E-state index contributed by atoms with van der Waals surface area (Å²) in [5, 5.41) is 0. The third-order valence-corrected chi connectivity index (χ3v) is 3.94. The Bertz CT molecular complexity index is 732. The Kier molecular flexibility index (Phi) is 4.79. The Hall–Kier alpha value is -2.82. The minimum absolute atomic E-state index is 0.179. The molecule has 0 N–H and O–H groups in total. The van der Waals surface area contributed by atoms with Gasteiger partial charge in [0.1, 0.15) is 17.1 Å². The van der Waals surface area contributed by atoms with Crippen LogP contribution in [0.1, 0.15) is 40.0 Å². The number of carbonyl (C=O) groups excluding carboxylic acids is 2. The van der Waals surface area contributed by atoms with Crippen molar-refractivity contribution in [3.8, 4) is 11.5 Å². The lowest BCUT2D eigenvalue weighted by atomic mass is 9.96. The van der Waals surface area contributed by atoms with Gasteiger partial charge < -0.3 is 14.2 Å². The zero-order valence-electron chi connectivity index (χ0n) is 13.4. The Morgan fingerprint density at radius 2 is 1.67 bits per heavy atom. The smallest absolute Gasteiger partial charge is 0.347 e. The van der Waals surface area contributed by atoms with Gasteiger partial charge in [0.2, 0.25) is 0 Å². The number of ether oxygens (including phenoxy) is 3. The largest absolute Gasteiger partial charge is 0.490 e. The van der Waals surface area contributed by atoms with Gasteiger partial charge in [0.05, 0.1) is 18.8 Å². The van der Waals surface area contributed by atoms with Gasteiger partial charge >= 0.3 is 11.9 Å². The van der Waals surface area contributed by atoms with Crippen LogP contribution in [0.2, 0.25) is 0 Å². The molecule has 5 heteroatoms. The van der Waals surface area contributed by atoms with Gasteiger partial charge in [-0.15, -0.1) is 0 Å². The van der Waals surface area contributed by atoms with Crippen molar-refractivity contribution in [3.63, 3.8) is 0 Å². The fraction of sp³-hybridized carbons (Fsp3) is 0.263. The minimum atomic E-state index is -0.490. The second-order valence-electron chi connectivity index (χ2n) is 5.57. The van der Waals surface area contributed by atoms with Crippen LogP contribution in [-0.2, 0) is 4.74 Å². The molecule has 0 heterocycles. The average Bonchev–Trinajstić information content (AvgIpc) is 2.58. The van der Waals surface area contributed by atoms with Crippen LogP contribution in [0.3, 0.4) is 0 Å². The number of carbonyl (C=O) groups is 2. The van der Waals surface area contributed by atoms with Crippen molar-refractivity contribution in [2.45, 2.75) is 25.4 Å². The average molecular weight is 326 g/mol. The van der Waals surface area contributed by atoms with E-state index >= 15 is 0 Å².